The number of carbonyl (C=O) groups is 1. The van der Waals surface area contributed by atoms with Crippen molar-refractivity contribution in [3.05, 3.63) is 138 Å². The first-order valence-corrected chi connectivity index (χ1v) is 25.6. The van der Waals surface area contributed by atoms with Crippen molar-refractivity contribution in [2.45, 2.75) is 59.5 Å². The Morgan fingerprint density at radius 2 is 1.45 bits per heavy atom. The van der Waals surface area contributed by atoms with Crippen LogP contribution in [0.3, 0.4) is 0 Å². The lowest BCUT2D eigenvalue weighted by atomic mass is 9.96. The summed E-state index contributed by atoms with van der Waals surface area (Å²) in [4.78, 5) is 16.1. The third kappa shape index (κ3) is 10.9. The number of anilines is 4. The van der Waals surface area contributed by atoms with Gasteiger partial charge in [-0.3, -0.25) is 4.72 Å². The van der Waals surface area contributed by atoms with Gasteiger partial charge in [-0.15, -0.1) is 11.8 Å². The van der Waals surface area contributed by atoms with Crippen LogP contribution in [0.2, 0.25) is 5.02 Å². The first kappa shape index (κ1) is 49.3. The van der Waals surface area contributed by atoms with Gasteiger partial charge in [0.15, 0.2) is 0 Å². The number of piperazine rings is 1. The summed E-state index contributed by atoms with van der Waals surface area (Å²) in [7, 11) is -10.6. The van der Waals surface area contributed by atoms with Crippen molar-refractivity contribution in [2.75, 3.05) is 58.4 Å². The predicted molar refractivity (Wildman–Crippen MR) is 260 cm³/mol. The fraction of sp³-hybridized carbons (Fsp3) is 0.271. The number of aromatic carboxylic acids is 1. The van der Waals surface area contributed by atoms with E-state index in [2.05, 4.69) is 19.8 Å². The van der Waals surface area contributed by atoms with Gasteiger partial charge in [0, 0.05) is 88.9 Å². The molecule has 6 aromatic rings. The minimum Gasteiger partial charge on any atom is -0.478 e. The van der Waals surface area contributed by atoms with Crippen molar-refractivity contribution in [1.82, 2.24) is 4.57 Å². The average molecular weight is 997 g/mol. The number of carboxylic acid groups (broad SMARTS) is 1. The largest absolute Gasteiger partial charge is 0.501 e. The van der Waals surface area contributed by atoms with Gasteiger partial charge in [0.1, 0.15) is 4.90 Å². The molecule has 5 aromatic carbocycles. The van der Waals surface area contributed by atoms with Gasteiger partial charge >= 0.3 is 11.5 Å². The van der Waals surface area contributed by atoms with Gasteiger partial charge in [-0.25, -0.2) is 21.6 Å². The summed E-state index contributed by atoms with van der Waals surface area (Å²) in [6, 6.07) is 32.5. The lowest BCUT2D eigenvalue weighted by molar-refractivity contribution is -0.0436. The van der Waals surface area contributed by atoms with Gasteiger partial charge < -0.3 is 29.9 Å². The standard InChI is InChI=1S/C48H49ClF3N5O7S3/c1-31(2)57-32(3)44(47(59)60)45(46(57)33-12-14-35(49)15-13-33)34-8-7-9-39(28-34)56-25-23-55(24-26-56)38-18-16-36(17-19-38)54-67(63,64)41-20-21-42(43(29-41)66(61,62)48(50,51)52)53-37(22-27-58)30-65-40-10-5-4-6-11-40/h4-21,28-29,31,37,53-54,58H,22-27,30H2,1-3H3,(H,59,60). The Bertz CT molecular complexity index is 2950. The summed E-state index contributed by atoms with van der Waals surface area (Å²) in [6.45, 7) is 7.93. The number of thioether (sulfide) groups is 1. The number of benzene rings is 5. The molecule has 67 heavy (non-hydrogen) atoms. The van der Waals surface area contributed by atoms with Crippen molar-refractivity contribution in [1.29, 1.82) is 0 Å². The Morgan fingerprint density at radius 3 is 2.04 bits per heavy atom. The summed E-state index contributed by atoms with van der Waals surface area (Å²) < 4.78 is 99.4. The highest BCUT2D eigenvalue weighted by atomic mass is 35.5. The second-order valence-corrected chi connectivity index (χ2v) is 21.3. The van der Waals surface area contributed by atoms with Crippen molar-refractivity contribution in [2.24, 2.45) is 0 Å². The zero-order valence-corrected chi connectivity index (χ0v) is 39.9. The second kappa shape index (κ2) is 20.3. The number of aliphatic hydroxyl groups is 1. The molecule has 0 amide bonds. The number of hydrogen-bond acceptors (Lipinski definition) is 10. The molecular formula is C48H49ClF3N5O7S3. The van der Waals surface area contributed by atoms with Crippen molar-refractivity contribution < 1.29 is 45.0 Å². The first-order chi connectivity index (χ1) is 31.8. The molecule has 0 radical (unpaired) electrons. The number of aromatic nitrogens is 1. The van der Waals surface area contributed by atoms with E-state index in [0.29, 0.717) is 48.5 Å². The smallest absolute Gasteiger partial charge is 0.478 e. The topological polar surface area (TPSA) is 161 Å². The zero-order chi connectivity index (χ0) is 48.3. The Hall–Kier alpha value is -5.66. The summed E-state index contributed by atoms with van der Waals surface area (Å²) in [5.41, 5.74) is -0.498. The van der Waals surface area contributed by atoms with Gasteiger partial charge in [-0.05, 0) is 117 Å². The third-order valence-corrected chi connectivity index (χ3v) is 15.8. The zero-order valence-electron chi connectivity index (χ0n) is 36.7. The van der Waals surface area contributed by atoms with Crippen LogP contribution in [-0.2, 0) is 19.9 Å². The van der Waals surface area contributed by atoms with Crippen LogP contribution in [0.4, 0.5) is 35.9 Å². The number of hydrogen-bond donors (Lipinski definition) is 4. The van der Waals surface area contributed by atoms with E-state index in [-0.39, 0.29) is 36.1 Å². The van der Waals surface area contributed by atoms with Crippen LogP contribution in [0.15, 0.2) is 136 Å². The highest BCUT2D eigenvalue weighted by molar-refractivity contribution is 7.99. The van der Waals surface area contributed by atoms with Crippen molar-refractivity contribution >= 4 is 71.9 Å². The summed E-state index contributed by atoms with van der Waals surface area (Å²) in [5, 5.41) is 23.5. The predicted octanol–water partition coefficient (Wildman–Crippen LogP) is 10.4. The number of alkyl halides is 3. The van der Waals surface area contributed by atoms with Gasteiger partial charge in [0.25, 0.3) is 19.9 Å². The molecule has 0 saturated carbocycles. The maximum Gasteiger partial charge on any atom is 0.501 e. The third-order valence-electron chi connectivity index (χ3n) is 11.5. The number of rotatable bonds is 17. The molecule has 0 spiro atoms. The number of nitrogens with one attached hydrogen (secondary N) is 2. The van der Waals surface area contributed by atoms with E-state index in [1.165, 1.54) is 23.9 Å². The molecular weight excluding hydrogens is 947 g/mol. The van der Waals surface area contributed by atoms with Crippen LogP contribution in [0.1, 0.15) is 42.4 Å². The Labute approximate surface area is 397 Å². The fourth-order valence-corrected chi connectivity index (χ4v) is 11.5. The van der Waals surface area contributed by atoms with Gasteiger partial charge in [-0.1, -0.05) is 54.1 Å². The molecule has 1 atom stereocenters. The van der Waals surface area contributed by atoms with Crippen LogP contribution in [0, 0.1) is 6.92 Å². The quantitative estimate of drug-likeness (QED) is 0.0644. The highest BCUT2D eigenvalue weighted by Crippen LogP contribution is 2.43. The van der Waals surface area contributed by atoms with E-state index < -0.39 is 52.9 Å². The molecule has 0 bridgehead atoms. The van der Waals surface area contributed by atoms with Crippen molar-refractivity contribution in [3.63, 3.8) is 0 Å². The molecule has 1 unspecified atom stereocenters. The van der Waals surface area contributed by atoms with Crippen LogP contribution in [-0.4, -0.2) is 87.7 Å². The number of sulfonamides is 1. The molecule has 0 aliphatic carbocycles. The lowest BCUT2D eigenvalue weighted by Crippen LogP contribution is -2.46. The van der Waals surface area contributed by atoms with E-state index in [1.54, 1.807) is 24.3 Å². The van der Waals surface area contributed by atoms with E-state index in [4.69, 9.17) is 11.6 Å². The molecule has 12 nitrogen and oxygen atoms in total. The normalized spacial score (nSPS) is 14.0. The van der Waals surface area contributed by atoms with Crippen LogP contribution in [0.5, 0.6) is 0 Å². The molecule has 7 rings (SSSR count). The first-order valence-electron chi connectivity index (χ1n) is 21.3. The Morgan fingerprint density at radius 1 is 0.806 bits per heavy atom. The molecule has 1 fully saturated rings. The average Bonchev–Trinajstić information content (AvgIpc) is 3.62. The molecule has 1 saturated heterocycles. The van der Waals surface area contributed by atoms with Gasteiger partial charge in [0.2, 0.25) is 0 Å². The Kier molecular flexibility index (Phi) is 14.9. The molecule has 19 heteroatoms. The number of halogens is 4. The number of carboxylic acids is 1. The summed E-state index contributed by atoms with van der Waals surface area (Å²) in [5.74, 6) is -0.763. The molecule has 1 aliphatic heterocycles. The van der Waals surface area contributed by atoms with Gasteiger partial charge in [-0.2, -0.15) is 13.2 Å². The molecule has 4 N–H and O–H groups in total. The monoisotopic (exact) mass is 995 g/mol. The van der Waals surface area contributed by atoms with Crippen LogP contribution in [0.25, 0.3) is 22.4 Å². The number of sulfone groups is 1. The van der Waals surface area contributed by atoms with Crippen molar-refractivity contribution in [3.8, 4) is 22.4 Å². The number of nitrogens with zero attached hydrogens (tertiary/aromatic N) is 3. The minimum atomic E-state index is -6.03. The van der Waals surface area contributed by atoms with Crippen LogP contribution < -0.4 is 19.8 Å². The molecule has 2 heterocycles. The van der Waals surface area contributed by atoms with Gasteiger partial charge in [0.05, 0.1) is 21.8 Å². The highest BCUT2D eigenvalue weighted by Gasteiger charge is 2.48. The summed E-state index contributed by atoms with van der Waals surface area (Å²) in [6.07, 6.45) is 0.0740. The van der Waals surface area contributed by atoms with E-state index in [0.717, 1.165) is 45.2 Å². The second-order valence-electron chi connectivity index (χ2n) is 16.2. The van der Waals surface area contributed by atoms with Crippen LogP contribution >= 0.6 is 23.4 Å². The lowest BCUT2D eigenvalue weighted by Gasteiger charge is -2.37. The number of aliphatic hydroxyl groups excluding tert-OH is 1. The molecule has 354 valence electrons. The fourth-order valence-electron chi connectivity index (χ4n) is 8.25. The van der Waals surface area contributed by atoms with E-state index in [9.17, 15) is 45.0 Å². The molecule has 1 aliphatic rings. The SMILES string of the molecule is Cc1c(C(=O)O)c(-c2cccc(N3CCN(c4ccc(NS(=O)(=O)c5ccc(NC(CCO)CSc6ccccc6)c(S(=O)(=O)C(F)(F)F)c5)cc4)CC3)c2)c(-c2ccc(Cl)cc2)n1C(C)C. The molecule has 1 aromatic heterocycles. The van der Waals surface area contributed by atoms with E-state index >= 15 is 0 Å². The summed E-state index contributed by atoms with van der Waals surface area (Å²) >= 11 is 7.59. The maximum absolute atomic E-state index is 14.0. The maximum atomic E-state index is 14.0. The van der Waals surface area contributed by atoms with E-state index in [1.807, 2.05) is 92.1 Å². The Balaban J connectivity index is 1.06. The minimum absolute atomic E-state index is 0.0309.